The van der Waals surface area contributed by atoms with E-state index in [0.717, 1.165) is 29.2 Å². The van der Waals surface area contributed by atoms with Crippen LogP contribution in [-0.2, 0) is 18.9 Å². The first-order valence-corrected chi connectivity index (χ1v) is 9.81. The Hall–Kier alpha value is -3.75. The highest BCUT2D eigenvalue weighted by Crippen LogP contribution is 2.30. The second-order valence-corrected chi connectivity index (χ2v) is 7.21. The molecule has 0 unspecified atom stereocenters. The van der Waals surface area contributed by atoms with Gasteiger partial charge in [-0.25, -0.2) is 14.8 Å². The van der Waals surface area contributed by atoms with Gasteiger partial charge in [0.15, 0.2) is 5.82 Å². The molecule has 2 heterocycles. The number of hydrogen-bond donors (Lipinski definition) is 1. The van der Waals surface area contributed by atoms with Crippen LogP contribution in [0.1, 0.15) is 30.6 Å². The number of H-pyrrole nitrogens is 1. The van der Waals surface area contributed by atoms with Crippen LogP contribution in [0.25, 0.3) is 22.5 Å². The van der Waals surface area contributed by atoms with Crippen LogP contribution in [0, 0.1) is 0 Å². The van der Waals surface area contributed by atoms with Gasteiger partial charge in [0.1, 0.15) is 5.82 Å². The number of aryl methyl sites for hydroxylation is 1. The van der Waals surface area contributed by atoms with Gasteiger partial charge in [0.05, 0.1) is 0 Å². The Morgan fingerprint density at radius 3 is 2.48 bits per heavy atom. The Labute approximate surface area is 177 Å². The van der Waals surface area contributed by atoms with Gasteiger partial charge in [-0.3, -0.25) is 0 Å². The lowest BCUT2D eigenvalue weighted by Gasteiger charge is -2.09. The minimum absolute atomic E-state index is 0.397. The number of aromatic amines is 1. The molecular weight excluding hydrogens is 400 g/mol. The number of halogens is 2. The fourth-order valence-electron chi connectivity index (χ4n) is 3.28. The van der Waals surface area contributed by atoms with Crippen molar-refractivity contribution in [1.29, 1.82) is 0 Å². The summed E-state index contributed by atoms with van der Waals surface area (Å²) < 4.78 is 29.0. The van der Waals surface area contributed by atoms with Crippen LogP contribution < -0.4 is 0 Å². The van der Waals surface area contributed by atoms with Gasteiger partial charge in [-0.2, -0.15) is 8.78 Å². The summed E-state index contributed by atoms with van der Waals surface area (Å²) in [6.45, 7) is 4.95. The third kappa shape index (κ3) is 4.55. The number of hydrogen-bond acceptors (Lipinski definition) is 5. The van der Waals surface area contributed by atoms with Crippen LogP contribution in [0.4, 0.5) is 8.78 Å². The molecule has 7 nitrogen and oxygen atoms in total. The van der Waals surface area contributed by atoms with Crippen molar-refractivity contribution in [1.82, 2.24) is 35.4 Å². The zero-order valence-electron chi connectivity index (χ0n) is 17.0. The first-order chi connectivity index (χ1) is 15.0. The van der Waals surface area contributed by atoms with Crippen LogP contribution in [0.15, 0.2) is 61.2 Å². The van der Waals surface area contributed by atoms with E-state index >= 15 is 0 Å². The molecule has 4 rings (SSSR count). The number of nitrogens with zero attached hydrogens (tertiary/aromatic N) is 6. The zero-order chi connectivity index (χ0) is 21.8. The monoisotopic (exact) mass is 421 g/mol. The molecule has 0 bridgehead atoms. The number of nitrogens with one attached hydrogen (secondary N) is 1. The SMILES string of the molecule is C=CCCn1nc(C(C)(F)F)nc1Cc1ccc(-c2ccccc2-c2nnn[nH]2)cc1. The summed E-state index contributed by atoms with van der Waals surface area (Å²) in [5.41, 5.74) is 3.80. The predicted octanol–water partition coefficient (Wildman–Crippen LogP) is 4.40. The maximum absolute atomic E-state index is 13.7. The maximum atomic E-state index is 13.7. The van der Waals surface area contributed by atoms with Crippen molar-refractivity contribution in [3.63, 3.8) is 0 Å². The summed E-state index contributed by atoms with van der Waals surface area (Å²) in [5.74, 6) is -2.46. The van der Waals surface area contributed by atoms with Crippen molar-refractivity contribution >= 4 is 0 Å². The smallest absolute Gasteiger partial charge is 0.249 e. The third-order valence-electron chi connectivity index (χ3n) is 4.84. The van der Waals surface area contributed by atoms with E-state index in [1.165, 1.54) is 4.68 Å². The molecule has 2 aromatic carbocycles. The molecule has 0 aliphatic rings. The van der Waals surface area contributed by atoms with E-state index in [2.05, 4.69) is 37.3 Å². The van der Waals surface area contributed by atoms with Crippen LogP contribution in [-0.4, -0.2) is 35.4 Å². The summed E-state index contributed by atoms with van der Waals surface area (Å²) in [5, 5.41) is 18.1. The van der Waals surface area contributed by atoms with Crippen LogP contribution in [0.3, 0.4) is 0 Å². The second-order valence-electron chi connectivity index (χ2n) is 7.21. The van der Waals surface area contributed by atoms with Crippen molar-refractivity contribution < 1.29 is 8.78 Å². The lowest BCUT2D eigenvalue weighted by molar-refractivity contribution is 0.00752. The Balaban J connectivity index is 1.61. The van der Waals surface area contributed by atoms with E-state index < -0.39 is 11.7 Å². The van der Waals surface area contributed by atoms with Crippen molar-refractivity contribution in [2.45, 2.75) is 32.2 Å². The molecule has 0 atom stereocenters. The highest BCUT2D eigenvalue weighted by Gasteiger charge is 2.31. The number of benzene rings is 2. The normalized spacial score (nSPS) is 11.6. The van der Waals surface area contributed by atoms with Gasteiger partial charge >= 0.3 is 5.92 Å². The molecule has 0 radical (unpaired) electrons. The molecule has 2 aromatic heterocycles. The standard InChI is InChI=1S/C22H21F2N7/c1-3-4-13-31-19(25-21(28-31)22(2,23)24)14-15-9-11-16(12-10-15)17-7-5-6-8-18(17)20-26-29-30-27-20/h3,5-12H,1,4,13-14H2,2H3,(H,26,27,29,30). The lowest BCUT2D eigenvalue weighted by Crippen LogP contribution is -2.10. The molecule has 0 aliphatic heterocycles. The van der Waals surface area contributed by atoms with Gasteiger partial charge in [0, 0.05) is 25.5 Å². The molecule has 0 amide bonds. The number of aromatic nitrogens is 7. The molecule has 9 heteroatoms. The Morgan fingerprint density at radius 1 is 1.10 bits per heavy atom. The molecule has 1 N–H and O–H groups in total. The van der Waals surface area contributed by atoms with E-state index in [1.807, 2.05) is 48.5 Å². The first-order valence-electron chi connectivity index (χ1n) is 9.81. The van der Waals surface area contributed by atoms with Crippen molar-refractivity contribution in [2.24, 2.45) is 0 Å². The van der Waals surface area contributed by atoms with Gasteiger partial charge < -0.3 is 0 Å². The fraction of sp³-hybridized carbons (Fsp3) is 0.227. The largest absolute Gasteiger partial charge is 0.305 e. The van der Waals surface area contributed by atoms with E-state index in [0.29, 0.717) is 31.0 Å². The Morgan fingerprint density at radius 2 is 1.84 bits per heavy atom. The predicted molar refractivity (Wildman–Crippen MR) is 112 cm³/mol. The Kier molecular flexibility index (Phi) is 5.66. The van der Waals surface area contributed by atoms with Gasteiger partial charge in [-0.05, 0) is 33.5 Å². The number of allylic oxidation sites excluding steroid dienone is 1. The molecule has 158 valence electrons. The number of rotatable bonds is 8. The van der Waals surface area contributed by atoms with E-state index in [9.17, 15) is 8.78 Å². The van der Waals surface area contributed by atoms with E-state index in [-0.39, 0.29) is 0 Å². The van der Waals surface area contributed by atoms with Gasteiger partial charge in [0.25, 0.3) is 0 Å². The summed E-state index contributed by atoms with van der Waals surface area (Å²) in [7, 11) is 0. The average molecular weight is 421 g/mol. The molecule has 31 heavy (non-hydrogen) atoms. The molecule has 0 aliphatic carbocycles. The summed E-state index contributed by atoms with van der Waals surface area (Å²) in [4.78, 5) is 4.10. The Bertz CT molecular complexity index is 1160. The average Bonchev–Trinajstić information content (AvgIpc) is 3.43. The quantitative estimate of drug-likeness (QED) is 0.426. The highest BCUT2D eigenvalue weighted by molar-refractivity contribution is 5.80. The van der Waals surface area contributed by atoms with Crippen LogP contribution in [0.2, 0.25) is 0 Å². The second kappa shape index (κ2) is 8.55. The molecule has 4 aromatic rings. The minimum Gasteiger partial charge on any atom is -0.249 e. The summed E-state index contributed by atoms with van der Waals surface area (Å²) in [6.07, 6.45) is 2.75. The van der Waals surface area contributed by atoms with Gasteiger partial charge in [0.2, 0.25) is 5.82 Å². The first kappa shape index (κ1) is 20.5. The fourth-order valence-corrected chi connectivity index (χ4v) is 3.28. The van der Waals surface area contributed by atoms with E-state index in [1.54, 1.807) is 6.08 Å². The zero-order valence-corrected chi connectivity index (χ0v) is 17.0. The lowest BCUT2D eigenvalue weighted by atomic mass is 9.98. The highest BCUT2D eigenvalue weighted by atomic mass is 19.3. The van der Waals surface area contributed by atoms with Gasteiger partial charge in [-0.1, -0.05) is 54.6 Å². The maximum Gasteiger partial charge on any atom is 0.305 e. The van der Waals surface area contributed by atoms with Crippen LogP contribution >= 0.6 is 0 Å². The van der Waals surface area contributed by atoms with Crippen LogP contribution in [0.5, 0.6) is 0 Å². The molecule has 0 saturated carbocycles. The molecular formula is C22H21F2N7. The molecule has 0 saturated heterocycles. The summed E-state index contributed by atoms with van der Waals surface area (Å²) >= 11 is 0. The van der Waals surface area contributed by atoms with Crippen molar-refractivity contribution in [3.05, 3.63) is 78.4 Å². The summed E-state index contributed by atoms with van der Waals surface area (Å²) in [6, 6.07) is 15.7. The van der Waals surface area contributed by atoms with E-state index in [4.69, 9.17) is 0 Å². The molecule has 0 fully saturated rings. The molecule has 0 spiro atoms. The van der Waals surface area contributed by atoms with Crippen molar-refractivity contribution in [2.75, 3.05) is 0 Å². The van der Waals surface area contributed by atoms with Gasteiger partial charge in [-0.15, -0.1) is 16.8 Å². The number of alkyl halides is 2. The topological polar surface area (TPSA) is 85.2 Å². The number of tetrazole rings is 1. The van der Waals surface area contributed by atoms with Crippen molar-refractivity contribution in [3.8, 4) is 22.5 Å². The third-order valence-corrected chi connectivity index (χ3v) is 4.84. The minimum atomic E-state index is -3.09.